The van der Waals surface area contributed by atoms with Crippen molar-refractivity contribution in [3.8, 4) is 0 Å². The van der Waals surface area contributed by atoms with Crippen molar-refractivity contribution >= 4 is 29.1 Å². The number of ether oxygens (including phenoxy) is 1. The van der Waals surface area contributed by atoms with Gasteiger partial charge in [0.05, 0.1) is 24.3 Å². The number of Topliss-reactive ketones (excluding diaryl/α,β-unsaturated/α-hetero) is 1. The van der Waals surface area contributed by atoms with Gasteiger partial charge in [0.15, 0.2) is 0 Å². The molecule has 1 atom stereocenters. The monoisotopic (exact) mass is 427 g/mol. The maximum atomic E-state index is 12.9. The summed E-state index contributed by atoms with van der Waals surface area (Å²) < 4.78 is 5.59. The Morgan fingerprint density at radius 3 is 2.30 bits per heavy atom. The first-order valence-corrected chi connectivity index (χ1v) is 10.5. The van der Waals surface area contributed by atoms with Gasteiger partial charge in [-0.15, -0.1) is 0 Å². The third kappa shape index (κ3) is 4.58. The summed E-state index contributed by atoms with van der Waals surface area (Å²) in [5, 5.41) is 11.6. The van der Waals surface area contributed by atoms with Gasteiger partial charge >= 0.3 is 0 Å². The maximum Gasteiger partial charge on any atom is 0.295 e. The Balaban J connectivity index is 2.06. The van der Waals surface area contributed by atoms with Crippen molar-refractivity contribution in [3.05, 3.63) is 75.8 Å². The maximum absolute atomic E-state index is 12.9. The number of hydrogen-bond acceptors (Lipinski definition) is 4. The van der Waals surface area contributed by atoms with Gasteiger partial charge in [0.25, 0.3) is 11.7 Å². The van der Waals surface area contributed by atoms with E-state index in [1.54, 1.807) is 36.4 Å². The first-order chi connectivity index (χ1) is 14.3. The molecule has 1 aliphatic heterocycles. The number of carbonyl (C=O) groups is 2. The highest BCUT2D eigenvalue weighted by Crippen LogP contribution is 2.39. The molecule has 1 unspecified atom stereocenters. The molecule has 1 fully saturated rings. The fraction of sp³-hybridized carbons (Fsp3) is 0.333. The molecule has 1 N–H and O–H groups in total. The van der Waals surface area contributed by atoms with Crippen LogP contribution in [-0.4, -0.2) is 41.0 Å². The van der Waals surface area contributed by atoms with E-state index in [-0.39, 0.29) is 24.0 Å². The van der Waals surface area contributed by atoms with Gasteiger partial charge < -0.3 is 14.7 Å². The van der Waals surface area contributed by atoms with E-state index >= 15 is 0 Å². The lowest BCUT2D eigenvalue weighted by Crippen LogP contribution is -2.33. The zero-order chi connectivity index (χ0) is 21.8. The number of aliphatic hydroxyl groups excluding tert-OH is 1. The van der Waals surface area contributed by atoms with Gasteiger partial charge in [-0.25, -0.2) is 0 Å². The molecule has 1 saturated heterocycles. The summed E-state index contributed by atoms with van der Waals surface area (Å²) in [7, 11) is 0. The smallest absolute Gasteiger partial charge is 0.295 e. The topological polar surface area (TPSA) is 66.8 Å². The molecule has 1 heterocycles. The predicted octanol–water partition coefficient (Wildman–Crippen LogP) is 4.75. The van der Waals surface area contributed by atoms with Gasteiger partial charge in [-0.2, -0.15) is 0 Å². The van der Waals surface area contributed by atoms with Crippen LogP contribution in [0.2, 0.25) is 5.02 Å². The molecule has 0 spiro atoms. The standard InChI is InChI=1S/C24H26ClNO4/c1-4-16-5-7-18(8-6-16)22(27)20-21(17-9-11-19(25)12-10-17)26(24(29)23(20)28)13-14-30-15(2)3/h5-12,15,21,27H,4,13-14H2,1-3H3/b22-20-. The van der Waals surface area contributed by atoms with E-state index in [9.17, 15) is 14.7 Å². The summed E-state index contributed by atoms with van der Waals surface area (Å²) in [4.78, 5) is 27.2. The fourth-order valence-electron chi connectivity index (χ4n) is 3.54. The minimum Gasteiger partial charge on any atom is -0.507 e. The molecule has 0 radical (unpaired) electrons. The number of aryl methyl sites for hydroxylation is 1. The number of amides is 1. The van der Waals surface area contributed by atoms with Crippen LogP contribution < -0.4 is 0 Å². The van der Waals surface area contributed by atoms with Crippen molar-refractivity contribution in [1.29, 1.82) is 0 Å². The highest BCUT2D eigenvalue weighted by molar-refractivity contribution is 6.46. The quantitative estimate of drug-likeness (QED) is 0.393. The SMILES string of the molecule is CCc1ccc(/C(O)=C2/C(=O)C(=O)N(CCOC(C)C)C2c2ccc(Cl)cc2)cc1. The fourth-order valence-corrected chi connectivity index (χ4v) is 3.67. The molecule has 158 valence electrons. The minimum atomic E-state index is -0.705. The number of nitrogens with zero attached hydrogens (tertiary/aromatic N) is 1. The average molecular weight is 428 g/mol. The molecule has 1 amide bonds. The summed E-state index contributed by atoms with van der Waals surface area (Å²) in [5.41, 5.74) is 2.40. The molecule has 5 nitrogen and oxygen atoms in total. The molecule has 2 aromatic carbocycles. The largest absolute Gasteiger partial charge is 0.507 e. The van der Waals surface area contributed by atoms with Crippen molar-refractivity contribution in [3.63, 3.8) is 0 Å². The van der Waals surface area contributed by atoms with E-state index in [0.717, 1.165) is 12.0 Å². The number of carbonyl (C=O) groups excluding carboxylic acids is 2. The van der Waals surface area contributed by atoms with Crippen LogP contribution in [0.15, 0.2) is 54.1 Å². The van der Waals surface area contributed by atoms with Gasteiger partial charge in [-0.05, 0) is 43.5 Å². The second kappa shape index (κ2) is 9.45. The Labute approximate surface area is 181 Å². The van der Waals surface area contributed by atoms with E-state index in [0.29, 0.717) is 22.8 Å². The third-order valence-corrected chi connectivity index (χ3v) is 5.40. The van der Waals surface area contributed by atoms with Crippen molar-refractivity contribution in [2.24, 2.45) is 0 Å². The molecule has 0 aliphatic carbocycles. The highest BCUT2D eigenvalue weighted by Gasteiger charge is 2.45. The molecule has 30 heavy (non-hydrogen) atoms. The third-order valence-electron chi connectivity index (χ3n) is 5.14. The highest BCUT2D eigenvalue weighted by atomic mass is 35.5. The van der Waals surface area contributed by atoms with Crippen LogP contribution in [0.4, 0.5) is 0 Å². The average Bonchev–Trinajstić information content (AvgIpc) is 2.98. The van der Waals surface area contributed by atoms with Crippen LogP contribution in [0, 0.1) is 0 Å². The summed E-state index contributed by atoms with van der Waals surface area (Å²) in [5.74, 6) is -1.52. The zero-order valence-corrected chi connectivity index (χ0v) is 18.1. The second-order valence-corrected chi connectivity index (χ2v) is 7.95. The first kappa shape index (κ1) is 22.1. The van der Waals surface area contributed by atoms with E-state index in [1.807, 2.05) is 32.9 Å². The van der Waals surface area contributed by atoms with Crippen LogP contribution in [0.5, 0.6) is 0 Å². The summed E-state index contributed by atoms with van der Waals surface area (Å²) in [6.07, 6.45) is 0.874. The van der Waals surface area contributed by atoms with Gasteiger partial charge in [-0.3, -0.25) is 9.59 Å². The number of aliphatic hydroxyl groups is 1. The van der Waals surface area contributed by atoms with Crippen LogP contribution in [0.1, 0.15) is 43.5 Å². The normalized spacial score (nSPS) is 18.4. The Morgan fingerprint density at radius 1 is 1.10 bits per heavy atom. The molecule has 0 saturated carbocycles. The van der Waals surface area contributed by atoms with Crippen LogP contribution in [0.25, 0.3) is 5.76 Å². The van der Waals surface area contributed by atoms with E-state index in [4.69, 9.17) is 16.3 Å². The predicted molar refractivity (Wildman–Crippen MR) is 117 cm³/mol. The lowest BCUT2D eigenvalue weighted by atomic mass is 9.95. The number of hydrogen-bond donors (Lipinski definition) is 1. The van der Waals surface area contributed by atoms with E-state index < -0.39 is 17.7 Å². The van der Waals surface area contributed by atoms with Crippen molar-refractivity contribution < 1.29 is 19.4 Å². The van der Waals surface area contributed by atoms with Gasteiger partial charge in [-0.1, -0.05) is 54.9 Å². The summed E-state index contributed by atoms with van der Waals surface area (Å²) in [6, 6.07) is 13.6. The van der Waals surface area contributed by atoms with E-state index in [1.165, 1.54) is 4.90 Å². The molecular weight excluding hydrogens is 402 g/mol. The van der Waals surface area contributed by atoms with Crippen LogP contribution in [-0.2, 0) is 20.7 Å². The number of likely N-dealkylation sites (tertiary alicyclic amines) is 1. The van der Waals surface area contributed by atoms with Crippen molar-refractivity contribution in [2.75, 3.05) is 13.2 Å². The van der Waals surface area contributed by atoms with E-state index in [2.05, 4.69) is 0 Å². The van der Waals surface area contributed by atoms with Crippen LogP contribution in [0.3, 0.4) is 0 Å². The number of halogens is 1. The Morgan fingerprint density at radius 2 is 1.73 bits per heavy atom. The van der Waals surface area contributed by atoms with Gasteiger partial charge in [0.1, 0.15) is 5.76 Å². The zero-order valence-electron chi connectivity index (χ0n) is 17.4. The molecule has 6 heteroatoms. The Kier molecular flexibility index (Phi) is 6.95. The summed E-state index contributed by atoms with van der Waals surface area (Å²) >= 11 is 6.03. The molecule has 3 rings (SSSR count). The molecular formula is C24H26ClNO4. The van der Waals surface area contributed by atoms with Crippen molar-refractivity contribution in [2.45, 2.75) is 39.3 Å². The first-order valence-electron chi connectivity index (χ1n) is 10.1. The number of benzene rings is 2. The number of ketones is 1. The molecule has 0 aromatic heterocycles. The van der Waals surface area contributed by atoms with Gasteiger partial charge in [0, 0.05) is 17.1 Å². The molecule has 0 bridgehead atoms. The Hall–Kier alpha value is -2.63. The second-order valence-electron chi connectivity index (χ2n) is 7.51. The molecule has 1 aliphatic rings. The van der Waals surface area contributed by atoms with Crippen LogP contribution >= 0.6 is 11.6 Å². The lowest BCUT2D eigenvalue weighted by Gasteiger charge is -2.25. The molecule has 2 aromatic rings. The van der Waals surface area contributed by atoms with Crippen molar-refractivity contribution in [1.82, 2.24) is 4.90 Å². The summed E-state index contributed by atoms with van der Waals surface area (Å²) in [6.45, 7) is 6.39. The Bertz CT molecular complexity index is 948. The minimum absolute atomic E-state index is 0.00730. The lowest BCUT2D eigenvalue weighted by molar-refractivity contribution is -0.140. The number of rotatable bonds is 7. The van der Waals surface area contributed by atoms with Gasteiger partial charge in [0.2, 0.25) is 0 Å².